The summed E-state index contributed by atoms with van der Waals surface area (Å²) < 4.78 is 17.1. The molecule has 1 aromatic heterocycles. The second-order valence-electron chi connectivity index (χ2n) is 8.63. The molecule has 9 heteroatoms. The van der Waals surface area contributed by atoms with Gasteiger partial charge in [-0.05, 0) is 51.8 Å². The van der Waals surface area contributed by atoms with Crippen molar-refractivity contribution >= 4 is 40.8 Å². The third-order valence-corrected chi connectivity index (χ3v) is 5.61. The Kier molecular flexibility index (Phi) is 7.51. The van der Waals surface area contributed by atoms with Gasteiger partial charge in [0.1, 0.15) is 12.2 Å². The highest BCUT2D eigenvalue weighted by Crippen LogP contribution is 2.35. The molecule has 0 unspecified atom stereocenters. The Morgan fingerprint density at radius 2 is 1.72 bits per heavy atom. The molecule has 1 aromatic carbocycles. The molecule has 1 fully saturated rings. The lowest BCUT2D eigenvalue weighted by Crippen LogP contribution is -2.27. The smallest absolute Gasteiger partial charge is 0.311 e. The van der Waals surface area contributed by atoms with E-state index in [0.717, 1.165) is 6.42 Å². The molecule has 1 N–H and O–H groups in total. The van der Waals surface area contributed by atoms with Crippen LogP contribution >= 0.6 is 23.2 Å². The summed E-state index contributed by atoms with van der Waals surface area (Å²) in [5.41, 5.74) is 0.0779. The van der Waals surface area contributed by atoms with Crippen molar-refractivity contribution in [2.75, 3.05) is 12.4 Å². The van der Waals surface area contributed by atoms with E-state index in [1.165, 1.54) is 19.5 Å². The molecule has 2 atom stereocenters. The van der Waals surface area contributed by atoms with Gasteiger partial charge in [-0.1, -0.05) is 23.2 Å². The largest absolute Gasteiger partial charge is 0.493 e. The van der Waals surface area contributed by atoms with Crippen LogP contribution < -0.4 is 14.8 Å². The summed E-state index contributed by atoms with van der Waals surface area (Å²) in [5, 5.41) is 3.17. The fourth-order valence-corrected chi connectivity index (χ4v) is 3.71. The average Bonchev–Trinajstić information content (AvgIpc) is 3.16. The molecule has 1 aliphatic carbocycles. The zero-order chi connectivity index (χ0) is 23.5. The molecule has 0 spiro atoms. The van der Waals surface area contributed by atoms with E-state index in [1.54, 1.807) is 18.2 Å². The number of amides is 1. The lowest BCUT2D eigenvalue weighted by atomic mass is 9.97. The van der Waals surface area contributed by atoms with Gasteiger partial charge in [0.05, 0.1) is 28.3 Å². The predicted octanol–water partition coefficient (Wildman–Crippen LogP) is 5.54. The number of anilines is 1. The first-order valence-corrected chi connectivity index (χ1v) is 11.0. The number of hydrogen-bond donors (Lipinski definition) is 1. The van der Waals surface area contributed by atoms with E-state index in [9.17, 15) is 9.59 Å². The van der Waals surface area contributed by atoms with Crippen LogP contribution in [0.5, 0.6) is 11.5 Å². The van der Waals surface area contributed by atoms with Crippen LogP contribution in [-0.4, -0.2) is 36.2 Å². The van der Waals surface area contributed by atoms with Crippen molar-refractivity contribution in [1.82, 2.24) is 4.98 Å². The average molecular weight is 481 g/mol. The number of aromatic nitrogens is 1. The Bertz CT molecular complexity index is 986. The number of hydrogen-bond acceptors (Lipinski definition) is 6. The van der Waals surface area contributed by atoms with E-state index in [4.69, 9.17) is 37.4 Å². The van der Waals surface area contributed by atoms with Crippen molar-refractivity contribution in [2.24, 2.45) is 5.41 Å². The number of ether oxygens (including phenoxy) is 3. The fourth-order valence-electron chi connectivity index (χ4n) is 3.25. The monoisotopic (exact) mass is 480 g/mol. The van der Waals surface area contributed by atoms with Crippen molar-refractivity contribution < 1.29 is 23.8 Å². The molecule has 1 amide bonds. The van der Waals surface area contributed by atoms with Gasteiger partial charge in [-0.2, -0.15) is 0 Å². The van der Waals surface area contributed by atoms with Crippen molar-refractivity contribution in [2.45, 2.75) is 52.2 Å². The standard InChI is InChI=1S/C23H26Cl2N2O5/c1-23(2,3)22(29)32-15-7-6-14(10-15)31-19-9-13(5-8-18(19)30-4)21(28)27-20-16(24)11-26-12-17(20)25/h5,8-9,11-12,14-15H,6-7,10H2,1-4H3,(H,26,27,28)/t14-,15+/m1/s1. The van der Waals surface area contributed by atoms with E-state index >= 15 is 0 Å². The van der Waals surface area contributed by atoms with Gasteiger partial charge in [0, 0.05) is 24.4 Å². The van der Waals surface area contributed by atoms with Crippen molar-refractivity contribution in [3.05, 3.63) is 46.2 Å². The molecule has 1 heterocycles. The van der Waals surface area contributed by atoms with E-state index in [0.29, 0.717) is 29.9 Å². The zero-order valence-corrected chi connectivity index (χ0v) is 19.9. The second kappa shape index (κ2) is 9.96. The van der Waals surface area contributed by atoms with Gasteiger partial charge in [-0.15, -0.1) is 0 Å². The van der Waals surface area contributed by atoms with Gasteiger partial charge in [-0.3, -0.25) is 14.6 Å². The molecule has 7 nitrogen and oxygen atoms in total. The summed E-state index contributed by atoms with van der Waals surface area (Å²) >= 11 is 12.2. The Labute approximate surface area is 197 Å². The molecule has 1 aliphatic rings. The number of carbonyl (C=O) groups excluding carboxylic acids is 2. The van der Waals surface area contributed by atoms with E-state index in [1.807, 2.05) is 20.8 Å². The molecule has 172 valence electrons. The third kappa shape index (κ3) is 5.84. The Morgan fingerprint density at radius 3 is 2.34 bits per heavy atom. The summed E-state index contributed by atoms with van der Waals surface area (Å²) in [6, 6.07) is 4.88. The summed E-state index contributed by atoms with van der Waals surface area (Å²) in [4.78, 5) is 28.8. The van der Waals surface area contributed by atoms with Crippen LogP contribution in [0.25, 0.3) is 0 Å². The van der Waals surface area contributed by atoms with E-state index in [2.05, 4.69) is 10.3 Å². The molecule has 0 bridgehead atoms. The predicted molar refractivity (Wildman–Crippen MR) is 123 cm³/mol. The number of benzene rings is 1. The molecular weight excluding hydrogens is 455 g/mol. The van der Waals surface area contributed by atoms with Crippen molar-refractivity contribution in [3.63, 3.8) is 0 Å². The first-order valence-electron chi connectivity index (χ1n) is 10.2. The summed E-state index contributed by atoms with van der Waals surface area (Å²) in [7, 11) is 1.53. The van der Waals surface area contributed by atoms with E-state index in [-0.39, 0.29) is 33.9 Å². The molecule has 0 aliphatic heterocycles. The molecule has 3 rings (SSSR count). The fraction of sp³-hybridized carbons (Fsp3) is 0.435. The normalized spacial score (nSPS) is 18.2. The van der Waals surface area contributed by atoms with Crippen LogP contribution in [0.2, 0.25) is 10.0 Å². The van der Waals surface area contributed by atoms with E-state index < -0.39 is 11.3 Å². The molecule has 1 saturated carbocycles. The van der Waals surface area contributed by atoms with Crippen LogP contribution in [0.4, 0.5) is 5.69 Å². The maximum atomic E-state index is 12.8. The minimum Gasteiger partial charge on any atom is -0.493 e. The zero-order valence-electron chi connectivity index (χ0n) is 18.4. The maximum Gasteiger partial charge on any atom is 0.311 e. The Hall–Kier alpha value is -2.51. The topological polar surface area (TPSA) is 86.8 Å². The van der Waals surface area contributed by atoms with Crippen molar-refractivity contribution in [1.29, 1.82) is 0 Å². The molecule has 32 heavy (non-hydrogen) atoms. The number of carbonyl (C=O) groups is 2. The third-order valence-electron chi connectivity index (χ3n) is 5.03. The minimum absolute atomic E-state index is 0.163. The maximum absolute atomic E-state index is 12.8. The van der Waals surface area contributed by atoms with Gasteiger partial charge >= 0.3 is 5.97 Å². The lowest BCUT2D eigenvalue weighted by Gasteiger charge is -2.21. The number of rotatable bonds is 6. The van der Waals surface area contributed by atoms with Gasteiger partial charge in [0.15, 0.2) is 11.5 Å². The summed E-state index contributed by atoms with van der Waals surface area (Å²) in [5.74, 6) is 0.292. The number of nitrogens with one attached hydrogen (secondary N) is 1. The number of halogens is 2. The lowest BCUT2D eigenvalue weighted by molar-refractivity contribution is -0.158. The highest BCUT2D eigenvalue weighted by molar-refractivity contribution is 6.39. The van der Waals surface area contributed by atoms with Crippen LogP contribution in [0.15, 0.2) is 30.6 Å². The Balaban J connectivity index is 1.70. The quantitative estimate of drug-likeness (QED) is 0.546. The first-order chi connectivity index (χ1) is 15.1. The van der Waals surface area contributed by atoms with Crippen LogP contribution in [-0.2, 0) is 9.53 Å². The highest BCUT2D eigenvalue weighted by atomic mass is 35.5. The second-order valence-corrected chi connectivity index (χ2v) is 9.44. The SMILES string of the molecule is COc1ccc(C(=O)Nc2c(Cl)cncc2Cl)cc1O[C@@H]1CC[C@H](OC(=O)C(C)(C)C)C1. The number of nitrogens with zero attached hydrogens (tertiary/aromatic N) is 1. The van der Waals surface area contributed by atoms with Gasteiger partial charge in [-0.25, -0.2) is 0 Å². The molecule has 2 aromatic rings. The minimum atomic E-state index is -0.551. The number of methoxy groups -OCH3 is 1. The first kappa shape index (κ1) is 24.1. The molecule has 0 saturated heterocycles. The number of esters is 1. The highest BCUT2D eigenvalue weighted by Gasteiger charge is 2.33. The van der Waals surface area contributed by atoms with Gasteiger partial charge < -0.3 is 19.5 Å². The van der Waals surface area contributed by atoms with Crippen LogP contribution in [0, 0.1) is 5.41 Å². The van der Waals surface area contributed by atoms with Crippen LogP contribution in [0.1, 0.15) is 50.4 Å². The van der Waals surface area contributed by atoms with Gasteiger partial charge in [0.25, 0.3) is 5.91 Å². The van der Waals surface area contributed by atoms with Crippen molar-refractivity contribution in [3.8, 4) is 11.5 Å². The van der Waals surface area contributed by atoms with Gasteiger partial charge in [0.2, 0.25) is 0 Å². The molecule has 0 radical (unpaired) electrons. The Morgan fingerprint density at radius 1 is 1.06 bits per heavy atom. The molecular formula is C23H26Cl2N2O5. The van der Waals surface area contributed by atoms with Crippen LogP contribution in [0.3, 0.4) is 0 Å². The summed E-state index contributed by atoms with van der Waals surface area (Å²) in [6.45, 7) is 5.48. The summed E-state index contributed by atoms with van der Waals surface area (Å²) in [6.07, 6.45) is 4.45. The number of pyridine rings is 1.